The Morgan fingerprint density at radius 1 is 1.30 bits per heavy atom. The van der Waals surface area contributed by atoms with Gasteiger partial charge in [-0.2, -0.15) is 5.10 Å². The molecule has 1 amide bonds. The molecule has 3 rings (SSSR count). The lowest BCUT2D eigenvalue weighted by atomic mass is 9.87. The zero-order chi connectivity index (χ0) is 22.4. The number of nitrogens with one attached hydrogen (secondary N) is 1. The summed E-state index contributed by atoms with van der Waals surface area (Å²) < 4.78 is 7.14. The average molecular weight is 421 g/mol. The smallest absolute Gasteiger partial charge is 0.290 e. The van der Waals surface area contributed by atoms with Gasteiger partial charge in [-0.25, -0.2) is 4.98 Å². The Balaban J connectivity index is 0.000000672. The van der Waals surface area contributed by atoms with Crippen LogP contribution in [0.15, 0.2) is 36.8 Å². The number of nitrogens with zero attached hydrogens (tertiary/aromatic N) is 4. The molecule has 1 atom stereocenters. The van der Waals surface area contributed by atoms with E-state index in [2.05, 4.69) is 20.3 Å². The van der Waals surface area contributed by atoms with Crippen LogP contribution in [0.1, 0.15) is 18.4 Å². The summed E-state index contributed by atoms with van der Waals surface area (Å²) in [5, 5.41) is 20.9. The molecule has 1 saturated heterocycles. The van der Waals surface area contributed by atoms with E-state index in [0.717, 1.165) is 24.9 Å². The number of amides is 1. The van der Waals surface area contributed by atoms with Crippen molar-refractivity contribution in [1.82, 2.24) is 25.0 Å². The maximum absolute atomic E-state index is 12.7. The van der Waals surface area contributed by atoms with Gasteiger partial charge in [0.05, 0.1) is 7.11 Å². The first-order chi connectivity index (χ1) is 14.5. The summed E-state index contributed by atoms with van der Waals surface area (Å²) >= 11 is 0. The van der Waals surface area contributed by atoms with E-state index in [1.807, 2.05) is 24.4 Å². The van der Waals surface area contributed by atoms with Gasteiger partial charge in [0.15, 0.2) is 5.54 Å². The van der Waals surface area contributed by atoms with Crippen LogP contribution in [0.4, 0.5) is 0 Å². The SMILES string of the molecule is CNC(=O)C1(n2cccn2)CCCN(Cc2cccnc2OC)C1.O=CO.O=CO. The Labute approximate surface area is 174 Å². The van der Waals surface area contributed by atoms with Gasteiger partial charge >= 0.3 is 0 Å². The number of methoxy groups -OCH3 is 1. The molecule has 0 saturated carbocycles. The van der Waals surface area contributed by atoms with Crippen molar-refractivity contribution in [2.45, 2.75) is 24.9 Å². The van der Waals surface area contributed by atoms with Crippen LogP contribution in [0.2, 0.25) is 0 Å². The molecule has 1 aliphatic rings. The fourth-order valence-corrected chi connectivity index (χ4v) is 3.46. The highest BCUT2D eigenvalue weighted by Gasteiger charge is 2.44. The topological polar surface area (TPSA) is 147 Å². The molecule has 0 radical (unpaired) electrons. The van der Waals surface area contributed by atoms with Crippen LogP contribution in [-0.2, 0) is 26.5 Å². The molecular weight excluding hydrogens is 394 g/mol. The van der Waals surface area contributed by atoms with Gasteiger partial charge in [0.2, 0.25) is 11.8 Å². The van der Waals surface area contributed by atoms with Crippen molar-refractivity contribution in [3.8, 4) is 5.88 Å². The molecule has 11 nitrogen and oxygen atoms in total. The summed E-state index contributed by atoms with van der Waals surface area (Å²) in [7, 11) is 3.30. The highest BCUT2D eigenvalue weighted by molar-refractivity contribution is 5.84. The van der Waals surface area contributed by atoms with Crippen LogP contribution >= 0.6 is 0 Å². The fraction of sp³-hybridized carbons (Fsp3) is 0.421. The molecule has 0 spiro atoms. The summed E-state index contributed by atoms with van der Waals surface area (Å²) in [6.45, 7) is 1.72. The Morgan fingerprint density at radius 3 is 2.57 bits per heavy atom. The Morgan fingerprint density at radius 2 is 2.00 bits per heavy atom. The lowest BCUT2D eigenvalue weighted by molar-refractivity contribution is -0.133. The molecular formula is C19H27N5O6. The predicted molar refractivity (Wildman–Crippen MR) is 107 cm³/mol. The van der Waals surface area contributed by atoms with Gasteiger partial charge in [-0.1, -0.05) is 6.07 Å². The summed E-state index contributed by atoms with van der Waals surface area (Å²) in [5.74, 6) is 0.627. The molecule has 0 aliphatic carbocycles. The third-order valence-corrected chi connectivity index (χ3v) is 4.58. The number of rotatable bonds is 5. The molecule has 2 aromatic rings. The lowest BCUT2D eigenvalue weighted by Gasteiger charge is -2.41. The van der Waals surface area contributed by atoms with Gasteiger partial charge in [0.25, 0.3) is 12.9 Å². The van der Waals surface area contributed by atoms with Gasteiger partial charge in [-0.3, -0.25) is 24.0 Å². The van der Waals surface area contributed by atoms with Gasteiger partial charge in [0.1, 0.15) is 0 Å². The first-order valence-corrected chi connectivity index (χ1v) is 9.11. The number of hydrogen-bond acceptors (Lipinski definition) is 7. The van der Waals surface area contributed by atoms with Gasteiger partial charge in [-0.05, 0) is 31.5 Å². The predicted octanol–water partition coefficient (Wildman–Crippen LogP) is 0.426. The lowest BCUT2D eigenvalue weighted by Crippen LogP contribution is -2.57. The van der Waals surface area contributed by atoms with Crippen molar-refractivity contribution in [3.63, 3.8) is 0 Å². The molecule has 1 unspecified atom stereocenters. The quantitative estimate of drug-likeness (QED) is 0.585. The summed E-state index contributed by atoms with van der Waals surface area (Å²) in [5.41, 5.74) is 0.347. The molecule has 3 N–H and O–H groups in total. The Bertz CT molecular complexity index is 779. The van der Waals surface area contributed by atoms with E-state index >= 15 is 0 Å². The Hall–Kier alpha value is -3.47. The van der Waals surface area contributed by atoms with E-state index in [4.69, 9.17) is 24.5 Å². The van der Waals surface area contributed by atoms with E-state index in [-0.39, 0.29) is 18.9 Å². The number of hydrogen-bond donors (Lipinski definition) is 3. The van der Waals surface area contributed by atoms with Crippen LogP contribution in [0.3, 0.4) is 0 Å². The largest absolute Gasteiger partial charge is 0.483 e. The summed E-state index contributed by atoms with van der Waals surface area (Å²) in [4.78, 5) is 35.9. The van der Waals surface area contributed by atoms with E-state index < -0.39 is 5.54 Å². The summed E-state index contributed by atoms with van der Waals surface area (Å²) in [6, 6.07) is 5.77. The average Bonchev–Trinajstić information content (AvgIpc) is 3.30. The number of likely N-dealkylation sites (N-methyl/N-ethyl adjacent to an activating group) is 1. The second-order valence-electron chi connectivity index (χ2n) is 6.26. The first kappa shape index (κ1) is 24.6. The van der Waals surface area contributed by atoms with Gasteiger partial charge in [0, 0.05) is 44.3 Å². The van der Waals surface area contributed by atoms with Crippen molar-refractivity contribution >= 4 is 18.9 Å². The molecule has 11 heteroatoms. The van der Waals surface area contributed by atoms with Crippen molar-refractivity contribution in [3.05, 3.63) is 42.4 Å². The molecule has 164 valence electrons. The maximum Gasteiger partial charge on any atom is 0.290 e. The monoisotopic (exact) mass is 421 g/mol. The maximum atomic E-state index is 12.7. The van der Waals surface area contributed by atoms with Crippen LogP contribution in [0, 0.1) is 0 Å². The molecule has 0 aromatic carbocycles. The van der Waals surface area contributed by atoms with E-state index in [1.165, 1.54) is 0 Å². The number of piperidine rings is 1. The Kier molecular flexibility index (Phi) is 10.6. The minimum Gasteiger partial charge on any atom is -0.483 e. The number of carbonyl (C=O) groups excluding carboxylic acids is 1. The first-order valence-electron chi connectivity index (χ1n) is 9.11. The van der Waals surface area contributed by atoms with Crippen molar-refractivity contribution in [2.75, 3.05) is 27.2 Å². The number of carbonyl (C=O) groups is 3. The minimum absolute atomic E-state index is 0.00551. The fourth-order valence-electron chi connectivity index (χ4n) is 3.46. The van der Waals surface area contributed by atoms with Gasteiger partial charge in [-0.15, -0.1) is 0 Å². The standard InChI is InChI=1S/C17H23N5O2.2CH2O2/c1-18-16(23)17(22-11-5-9-20-22)7-4-10-21(13-17)12-14-6-3-8-19-15(14)24-2;2*2-1-3/h3,5-6,8-9,11H,4,7,10,12-13H2,1-2H3,(H,18,23);2*1H,(H,2,3). The van der Waals surface area contributed by atoms with Crippen molar-refractivity contribution in [1.29, 1.82) is 0 Å². The van der Waals surface area contributed by atoms with Crippen molar-refractivity contribution < 1.29 is 29.3 Å². The highest BCUT2D eigenvalue weighted by Crippen LogP contribution is 2.30. The second-order valence-corrected chi connectivity index (χ2v) is 6.26. The molecule has 0 bridgehead atoms. The second kappa shape index (κ2) is 12.9. The third kappa shape index (κ3) is 6.27. The number of likely N-dealkylation sites (tertiary alicyclic amines) is 1. The molecule has 30 heavy (non-hydrogen) atoms. The summed E-state index contributed by atoms with van der Waals surface area (Å²) in [6.07, 6.45) is 7.00. The van der Waals surface area contributed by atoms with Crippen LogP contribution < -0.4 is 10.1 Å². The number of carboxylic acid groups (broad SMARTS) is 2. The van der Waals surface area contributed by atoms with Crippen LogP contribution in [0.25, 0.3) is 0 Å². The zero-order valence-corrected chi connectivity index (χ0v) is 17.0. The number of aromatic nitrogens is 3. The number of ether oxygens (including phenoxy) is 1. The molecule has 2 aromatic heterocycles. The highest BCUT2D eigenvalue weighted by atomic mass is 16.5. The van der Waals surface area contributed by atoms with Gasteiger partial charge < -0.3 is 20.3 Å². The van der Waals surface area contributed by atoms with Crippen LogP contribution in [0.5, 0.6) is 5.88 Å². The minimum atomic E-state index is -0.675. The number of pyridine rings is 1. The van der Waals surface area contributed by atoms with E-state index in [1.54, 1.807) is 31.2 Å². The van der Waals surface area contributed by atoms with Crippen molar-refractivity contribution in [2.24, 2.45) is 0 Å². The van der Waals surface area contributed by atoms with Crippen LogP contribution in [-0.4, -0.2) is 76.0 Å². The molecule has 1 fully saturated rings. The zero-order valence-electron chi connectivity index (χ0n) is 17.0. The van der Waals surface area contributed by atoms with E-state index in [9.17, 15) is 4.79 Å². The third-order valence-electron chi connectivity index (χ3n) is 4.58. The van der Waals surface area contributed by atoms with E-state index in [0.29, 0.717) is 19.0 Å². The molecule has 3 heterocycles. The normalized spacial score (nSPS) is 17.9. The molecule has 1 aliphatic heterocycles.